The number of esters is 1. The summed E-state index contributed by atoms with van der Waals surface area (Å²) in [5.41, 5.74) is 0.745. The van der Waals surface area contributed by atoms with Crippen LogP contribution in [0.2, 0.25) is 5.02 Å². The number of hydrogen-bond acceptors (Lipinski definition) is 4. The maximum absolute atomic E-state index is 12.2. The van der Waals surface area contributed by atoms with Crippen molar-refractivity contribution in [2.45, 2.75) is 18.9 Å². The highest BCUT2D eigenvalue weighted by atomic mass is 35.5. The fourth-order valence-corrected chi connectivity index (χ4v) is 3.14. The van der Waals surface area contributed by atoms with E-state index in [1.807, 2.05) is 23.1 Å². The summed E-state index contributed by atoms with van der Waals surface area (Å²) in [5, 5.41) is 3.23. The van der Waals surface area contributed by atoms with Crippen LogP contribution in [-0.4, -0.2) is 44.0 Å². The average molecular weight is 325 g/mol. The van der Waals surface area contributed by atoms with Crippen molar-refractivity contribution in [1.82, 2.24) is 10.2 Å². The van der Waals surface area contributed by atoms with Crippen LogP contribution >= 0.6 is 11.6 Å². The summed E-state index contributed by atoms with van der Waals surface area (Å²) in [6.45, 7) is 1.31. The fourth-order valence-electron chi connectivity index (χ4n) is 2.91. The normalized spacial score (nSPS) is 17.8. The molecule has 1 atom stereocenters. The van der Waals surface area contributed by atoms with Gasteiger partial charge in [-0.05, 0) is 24.5 Å². The van der Waals surface area contributed by atoms with Gasteiger partial charge in [0.05, 0.1) is 7.11 Å². The van der Waals surface area contributed by atoms with Gasteiger partial charge in [0.1, 0.15) is 6.04 Å². The van der Waals surface area contributed by atoms with Gasteiger partial charge in [0.25, 0.3) is 0 Å². The first-order chi connectivity index (χ1) is 10.6. The van der Waals surface area contributed by atoms with Crippen molar-refractivity contribution in [2.75, 3.05) is 27.2 Å². The maximum Gasteiger partial charge on any atom is 0.327 e. The molecule has 1 unspecified atom stereocenters. The molecule has 2 rings (SSSR count). The van der Waals surface area contributed by atoms with Crippen LogP contribution < -0.4 is 5.32 Å². The van der Waals surface area contributed by atoms with Gasteiger partial charge >= 0.3 is 5.97 Å². The molecule has 1 aromatic rings. The molecule has 120 valence electrons. The fraction of sp³-hybridized carbons (Fsp3) is 0.500. The van der Waals surface area contributed by atoms with Gasteiger partial charge in [-0.1, -0.05) is 29.8 Å². The van der Waals surface area contributed by atoms with E-state index in [4.69, 9.17) is 16.3 Å². The monoisotopic (exact) mass is 324 g/mol. The van der Waals surface area contributed by atoms with Gasteiger partial charge in [0, 0.05) is 31.1 Å². The van der Waals surface area contributed by atoms with Crippen LogP contribution in [-0.2, 0) is 14.3 Å². The summed E-state index contributed by atoms with van der Waals surface area (Å²) in [4.78, 5) is 26.0. The van der Waals surface area contributed by atoms with Gasteiger partial charge in [-0.15, -0.1) is 0 Å². The predicted octanol–water partition coefficient (Wildman–Crippen LogP) is 2.01. The molecule has 6 heteroatoms. The van der Waals surface area contributed by atoms with E-state index in [0.717, 1.165) is 18.4 Å². The second kappa shape index (κ2) is 7.61. The summed E-state index contributed by atoms with van der Waals surface area (Å²) in [6, 6.07) is 6.77. The lowest BCUT2D eigenvalue weighted by Crippen LogP contribution is -2.43. The highest BCUT2D eigenvalue weighted by molar-refractivity contribution is 6.31. The van der Waals surface area contributed by atoms with E-state index < -0.39 is 6.04 Å². The van der Waals surface area contributed by atoms with E-state index in [-0.39, 0.29) is 17.8 Å². The lowest BCUT2D eigenvalue weighted by Gasteiger charge is -2.36. The first kappa shape index (κ1) is 16.8. The Balaban J connectivity index is 2.17. The van der Waals surface area contributed by atoms with Crippen LogP contribution in [0.1, 0.15) is 24.4 Å². The number of benzene rings is 1. The molecular formula is C16H21ClN2O3. The van der Waals surface area contributed by atoms with Crippen LogP contribution in [0.25, 0.3) is 0 Å². The average Bonchev–Trinajstić information content (AvgIpc) is 2.56. The lowest BCUT2D eigenvalue weighted by atomic mass is 9.93. The molecule has 1 heterocycles. The van der Waals surface area contributed by atoms with Gasteiger partial charge in [-0.2, -0.15) is 0 Å². The van der Waals surface area contributed by atoms with Gasteiger partial charge in [0.15, 0.2) is 0 Å². The third kappa shape index (κ3) is 3.59. The number of halogens is 1. The molecule has 5 nitrogen and oxygen atoms in total. The van der Waals surface area contributed by atoms with Crippen LogP contribution in [0.5, 0.6) is 0 Å². The van der Waals surface area contributed by atoms with Gasteiger partial charge in [0.2, 0.25) is 5.91 Å². The lowest BCUT2D eigenvalue weighted by molar-refractivity contribution is -0.148. The third-order valence-electron chi connectivity index (χ3n) is 4.14. The molecule has 0 spiro atoms. The quantitative estimate of drug-likeness (QED) is 0.861. The molecule has 1 aromatic carbocycles. The Hall–Kier alpha value is -1.59. The number of likely N-dealkylation sites (tertiary alicyclic amines) is 1. The second-order valence-electron chi connectivity index (χ2n) is 5.37. The van der Waals surface area contributed by atoms with Crippen molar-refractivity contribution in [2.24, 2.45) is 5.92 Å². The van der Waals surface area contributed by atoms with Crippen molar-refractivity contribution in [3.05, 3.63) is 34.9 Å². The van der Waals surface area contributed by atoms with Crippen molar-refractivity contribution in [3.63, 3.8) is 0 Å². The zero-order chi connectivity index (χ0) is 16.1. The molecular weight excluding hydrogens is 304 g/mol. The van der Waals surface area contributed by atoms with E-state index in [1.165, 1.54) is 7.11 Å². The smallest absolute Gasteiger partial charge is 0.327 e. The number of piperidine rings is 1. The molecule has 0 aliphatic carbocycles. The van der Waals surface area contributed by atoms with Crippen molar-refractivity contribution >= 4 is 23.5 Å². The van der Waals surface area contributed by atoms with Crippen LogP contribution in [0.4, 0.5) is 0 Å². The minimum Gasteiger partial charge on any atom is -0.468 e. The van der Waals surface area contributed by atoms with Gasteiger partial charge < -0.3 is 10.1 Å². The van der Waals surface area contributed by atoms with Crippen LogP contribution in [0, 0.1) is 5.92 Å². The number of nitrogens with one attached hydrogen (secondary N) is 1. The largest absolute Gasteiger partial charge is 0.468 e. The van der Waals surface area contributed by atoms with E-state index >= 15 is 0 Å². The summed E-state index contributed by atoms with van der Waals surface area (Å²) in [5.74, 6) is -0.260. The first-order valence-corrected chi connectivity index (χ1v) is 7.74. The Morgan fingerprint density at radius 3 is 2.50 bits per heavy atom. The number of nitrogens with zero attached hydrogens (tertiary/aromatic N) is 1. The number of methoxy groups -OCH3 is 1. The standard InChI is InChI=1S/C16H21ClN2O3/c1-18-15(20)11-7-9-19(10-8-11)14(16(21)22-2)12-5-3-4-6-13(12)17/h3-6,11,14H,7-10H2,1-2H3,(H,18,20). The molecule has 0 saturated carbocycles. The minimum absolute atomic E-state index is 0.00536. The van der Waals surface area contributed by atoms with E-state index in [1.54, 1.807) is 13.1 Å². The zero-order valence-corrected chi connectivity index (χ0v) is 13.6. The number of rotatable bonds is 4. The molecule has 1 saturated heterocycles. The van der Waals surface area contributed by atoms with Gasteiger partial charge in [-0.3, -0.25) is 9.69 Å². The predicted molar refractivity (Wildman–Crippen MR) is 84.6 cm³/mol. The van der Waals surface area contributed by atoms with Crippen molar-refractivity contribution in [1.29, 1.82) is 0 Å². The summed E-state index contributed by atoms with van der Waals surface area (Å²) in [6.07, 6.45) is 1.44. The Labute approximate surface area is 135 Å². The number of carbonyl (C=O) groups excluding carboxylic acids is 2. The SMILES string of the molecule is CNC(=O)C1CCN(C(C(=O)OC)c2ccccc2Cl)CC1. The first-order valence-electron chi connectivity index (χ1n) is 7.36. The molecule has 22 heavy (non-hydrogen) atoms. The zero-order valence-electron chi connectivity index (χ0n) is 12.8. The molecule has 1 aliphatic rings. The topological polar surface area (TPSA) is 58.6 Å². The Bertz CT molecular complexity index is 542. The Kier molecular flexibility index (Phi) is 5.80. The van der Waals surface area contributed by atoms with Crippen molar-refractivity contribution < 1.29 is 14.3 Å². The molecule has 1 fully saturated rings. The minimum atomic E-state index is -0.524. The number of hydrogen-bond donors (Lipinski definition) is 1. The molecule has 1 amide bonds. The van der Waals surface area contributed by atoms with Crippen LogP contribution in [0.3, 0.4) is 0 Å². The molecule has 0 bridgehead atoms. The summed E-state index contributed by atoms with van der Waals surface area (Å²) >= 11 is 6.24. The highest BCUT2D eigenvalue weighted by Crippen LogP contribution is 2.31. The third-order valence-corrected chi connectivity index (χ3v) is 4.48. The number of ether oxygens (including phenoxy) is 1. The van der Waals surface area contributed by atoms with Crippen LogP contribution in [0.15, 0.2) is 24.3 Å². The number of amides is 1. The molecule has 1 N–H and O–H groups in total. The number of carbonyl (C=O) groups is 2. The van der Waals surface area contributed by atoms with Crippen molar-refractivity contribution in [3.8, 4) is 0 Å². The highest BCUT2D eigenvalue weighted by Gasteiger charge is 2.34. The Morgan fingerprint density at radius 1 is 1.32 bits per heavy atom. The van der Waals surface area contributed by atoms with Gasteiger partial charge in [-0.25, -0.2) is 4.79 Å². The molecule has 1 aliphatic heterocycles. The van der Waals surface area contributed by atoms with E-state index in [9.17, 15) is 9.59 Å². The molecule has 0 radical (unpaired) electrons. The molecule has 0 aromatic heterocycles. The summed E-state index contributed by atoms with van der Waals surface area (Å²) in [7, 11) is 3.03. The Morgan fingerprint density at radius 2 is 1.95 bits per heavy atom. The maximum atomic E-state index is 12.2. The van der Waals surface area contributed by atoms with E-state index in [2.05, 4.69) is 5.32 Å². The summed E-state index contributed by atoms with van der Waals surface area (Å²) < 4.78 is 4.95. The van der Waals surface area contributed by atoms with E-state index in [0.29, 0.717) is 18.1 Å². The second-order valence-corrected chi connectivity index (χ2v) is 5.78.